The second-order valence-corrected chi connectivity index (χ2v) is 6.29. The van der Waals surface area contributed by atoms with E-state index < -0.39 is 23.3 Å². The molecule has 0 aromatic heterocycles. The van der Waals surface area contributed by atoms with E-state index in [0.29, 0.717) is 19.4 Å². The zero-order valence-corrected chi connectivity index (χ0v) is 13.5. The average Bonchev–Trinajstić information content (AvgIpc) is 3.22. The summed E-state index contributed by atoms with van der Waals surface area (Å²) in [4.78, 5) is 34.9. The lowest BCUT2D eigenvalue weighted by Crippen LogP contribution is -2.47. The maximum atomic E-state index is 12.1. The summed E-state index contributed by atoms with van der Waals surface area (Å²) in [5.74, 6) is -1.55. The van der Waals surface area contributed by atoms with Crippen molar-refractivity contribution in [2.75, 3.05) is 20.3 Å². The Kier molecular flexibility index (Phi) is 6.80. The topological polar surface area (TPSA) is 105 Å². The van der Waals surface area contributed by atoms with Gasteiger partial charge in [-0.1, -0.05) is 13.8 Å². The Morgan fingerprint density at radius 3 is 2.36 bits per heavy atom. The molecule has 0 aromatic rings. The zero-order chi connectivity index (χ0) is 16.8. The Bertz CT molecular complexity index is 418. The zero-order valence-electron chi connectivity index (χ0n) is 13.5. The van der Waals surface area contributed by atoms with Crippen LogP contribution in [0.15, 0.2) is 0 Å². The van der Waals surface area contributed by atoms with Crippen molar-refractivity contribution in [1.82, 2.24) is 10.6 Å². The van der Waals surface area contributed by atoms with Crippen LogP contribution >= 0.6 is 0 Å². The van der Waals surface area contributed by atoms with E-state index in [4.69, 9.17) is 9.84 Å². The summed E-state index contributed by atoms with van der Waals surface area (Å²) < 4.78 is 4.98. The Morgan fingerprint density at radius 1 is 1.27 bits per heavy atom. The molecule has 0 bridgehead atoms. The maximum absolute atomic E-state index is 12.1. The van der Waals surface area contributed by atoms with Gasteiger partial charge in [0.1, 0.15) is 6.04 Å². The number of ether oxygens (including phenoxy) is 1. The summed E-state index contributed by atoms with van der Waals surface area (Å²) in [6.07, 6.45) is 2.60. The van der Waals surface area contributed by atoms with E-state index in [1.165, 1.54) is 0 Å². The predicted molar refractivity (Wildman–Crippen MR) is 80.2 cm³/mol. The molecule has 1 rings (SSSR count). The first-order chi connectivity index (χ1) is 10.3. The fraction of sp³-hybridized carbons (Fsp3) is 0.800. The number of carboxylic acid groups (broad SMARTS) is 1. The van der Waals surface area contributed by atoms with Gasteiger partial charge in [0.05, 0.1) is 12.0 Å². The maximum Gasteiger partial charge on any atom is 0.326 e. The number of hydrogen-bond donors (Lipinski definition) is 3. The van der Waals surface area contributed by atoms with Gasteiger partial charge in [0.15, 0.2) is 0 Å². The molecule has 1 saturated carbocycles. The van der Waals surface area contributed by atoms with E-state index in [2.05, 4.69) is 10.6 Å². The van der Waals surface area contributed by atoms with Crippen molar-refractivity contribution >= 4 is 17.8 Å². The molecular formula is C15H26N2O5. The third kappa shape index (κ3) is 5.63. The second kappa shape index (κ2) is 8.12. The minimum Gasteiger partial charge on any atom is -0.480 e. The molecular weight excluding hydrogens is 288 g/mol. The van der Waals surface area contributed by atoms with Crippen molar-refractivity contribution in [3.63, 3.8) is 0 Å². The molecule has 0 saturated heterocycles. The number of carbonyl (C=O) groups excluding carboxylic acids is 2. The van der Waals surface area contributed by atoms with Crippen molar-refractivity contribution in [3.05, 3.63) is 0 Å². The molecule has 0 aromatic carbocycles. The van der Waals surface area contributed by atoms with E-state index in [-0.39, 0.29) is 18.4 Å². The summed E-state index contributed by atoms with van der Waals surface area (Å²) in [5, 5.41) is 14.1. The monoisotopic (exact) mass is 314 g/mol. The van der Waals surface area contributed by atoms with Crippen LogP contribution in [0.4, 0.5) is 0 Å². The first-order valence-corrected chi connectivity index (χ1v) is 7.60. The minimum absolute atomic E-state index is 0.153. The molecule has 7 nitrogen and oxygen atoms in total. The quantitative estimate of drug-likeness (QED) is 0.546. The van der Waals surface area contributed by atoms with Crippen LogP contribution in [0.5, 0.6) is 0 Å². The van der Waals surface area contributed by atoms with Crippen LogP contribution in [-0.2, 0) is 19.1 Å². The molecule has 3 N–H and O–H groups in total. The summed E-state index contributed by atoms with van der Waals surface area (Å²) >= 11 is 0. The SMILES string of the molecule is COCCC1(C(=O)NCC(=O)N[C@@H](CC(C)C)C(=O)O)CC1. The van der Waals surface area contributed by atoms with Crippen LogP contribution in [0.1, 0.15) is 39.5 Å². The summed E-state index contributed by atoms with van der Waals surface area (Å²) in [6, 6.07) is -0.923. The Balaban J connectivity index is 2.39. The Labute approximate surface area is 130 Å². The van der Waals surface area contributed by atoms with Crippen LogP contribution in [0, 0.1) is 11.3 Å². The van der Waals surface area contributed by atoms with E-state index in [9.17, 15) is 14.4 Å². The molecule has 1 fully saturated rings. The third-order valence-corrected chi connectivity index (χ3v) is 3.87. The molecule has 22 heavy (non-hydrogen) atoms. The summed E-state index contributed by atoms with van der Waals surface area (Å²) in [6.45, 7) is 4.08. The highest BCUT2D eigenvalue weighted by Crippen LogP contribution is 2.48. The molecule has 1 atom stereocenters. The minimum atomic E-state index is -1.06. The van der Waals surface area contributed by atoms with E-state index >= 15 is 0 Å². The largest absolute Gasteiger partial charge is 0.480 e. The Hall–Kier alpha value is -1.63. The molecule has 126 valence electrons. The first-order valence-electron chi connectivity index (χ1n) is 7.60. The predicted octanol–water partition coefficient (Wildman–Crippen LogP) is 0.535. The lowest BCUT2D eigenvalue weighted by atomic mass is 10.0. The van der Waals surface area contributed by atoms with Gasteiger partial charge < -0.3 is 20.5 Å². The van der Waals surface area contributed by atoms with Gasteiger partial charge in [0.2, 0.25) is 11.8 Å². The second-order valence-electron chi connectivity index (χ2n) is 6.29. The number of carboxylic acids is 1. The van der Waals surface area contributed by atoms with E-state index in [1.807, 2.05) is 13.8 Å². The lowest BCUT2D eigenvalue weighted by Gasteiger charge is -2.18. The van der Waals surface area contributed by atoms with Crippen LogP contribution in [0.3, 0.4) is 0 Å². The number of aliphatic carboxylic acids is 1. The molecule has 0 radical (unpaired) electrons. The molecule has 7 heteroatoms. The smallest absolute Gasteiger partial charge is 0.326 e. The molecule has 1 aliphatic carbocycles. The van der Waals surface area contributed by atoms with Crippen LogP contribution in [0.2, 0.25) is 0 Å². The first kappa shape index (κ1) is 18.4. The van der Waals surface area contributed by atoms with Gasteiger partial charge >= 0.3 is 5.97 Å². The Morgan fingerprint density at radius 2 is 1.91 bits per heavy atom. The number of rotatable bonds is 10. The van der Waals surface area contributed by atoms with Crippen LogP contribution < -0.4 is 10.6 Å². The molecule has 1 aliphatic rings. The van der Waals surface area contributed by atoms with Crippen molar-refractivity contribution in [1.29, 1.82) is 0 Å². The molecule has 0 heterocycles. The van der Waals surface area contributed by atoms with Gasteiger partial charge in [0.25, 0.3) is 0 Å². The van der Waals surface area contributed by atoms with E-state index in [1.54, 1.807) is 7.11 Å². The average molecular weight is 314 g/mol. The fourth-order valence-electron chi connectivity index (χ4n) is 2.33. The normalized spacial score (nSPS) is 16.9. The van der Waals surface area contributed by atoms with Crippen molar-refractivity contribution in [2.24, 2.45) is 11.3 Å². The number of nitrogens with one attached hydrogen (secondary N) is 2. The highest BCUT2D eigenvalue weighted by Gasteiger charge is 2.49. The van der Waals surface area contributed by atoms with Gasteiger partial charge in [-0.2, -0.15) is 0 Å². The van der Waals surface area contributed by atoms with Crippen molar-refractivity contribution in [3.8, 4) is 0 Å². The molecule has 0 aliphatic heterocycles. The molecule has 2 amide bonds. The van der Waals surface area contributed by atoms with Gasteiger partial charge in [-0.05, 0) is 31.6 Å². The van der Waals surface area contributed by atoms with Crippen molar-refractivity contribution < 1.29 is 24.2 Å². The number of methoxy groups -OCH3 is 1. The van der Waals surface area contributed by atoms with Crippen LogP contribution in [-0.4, -0.2) is 49.2 Å². The van der Waals surface area contributed by atoms with Gasteiger partial charge in [-0.15, -0.1) is 0 Å². The number of amides is 2. The summed E-state index contributed by atoms with van der Waals surface area (Å²) in [5.41, 5.74) is -0.402. The summed E-state index contributed by atoms with van der Waals surface area (Å²) in [7, 11) is 1.59. The number of hydrogen-bond acceptors (Lipinski definition) is 4. The van der Waals surface area contributed by atoms with Gasteiger partial charge in [-0.3, -0.25) is 9.59 Å². The van der Waals surface area contributed by atoms with Gasteiger partial charge in [-0.25, -0.2) is 4.79 Å². The number of carbonyl (C=O) groups is 3. The van der Waals surface area contributed by atoms with Crippen molar-refractivity contribution in [2.45, 2.75) is 45.6 Å². The van der Waals surface area contributed by atoms with Crippen LogP contribution in [0.25, 0.3) is 0 Å². The molecule has 0 unspecified atom stereocenters. The third-order valence-electron chi connectivity index (χ3n) is 3.87. The lowest BCUT2D eigenvalue weighted by molar-refractivity contribution is -0.142. The molecule has 0 spiro atoms. The standard InChI is InChI=1S/C15H26N2O5/c1-10(2)8-11(13(19)20)17-12(18)9-16-14(21)15(4-5-15)6-7-22-3/h10-11H,4-9H2,1-3H3,(H,16,21)(H,17,18)(H,19,20)/t11-/m0/s1. The van der Waals surface area contributed by atoms with Gasteiger partial charge in [0, 0.05) is 13.7 Å². The van der Waals surface area contributed by atoms with E-state index in [0.717, 1.165) is 12.8 Å². The highest BCUT2D eigenvalue weighted by molar-refractivity contribution is 5.90. The fourth-order valence-corrected chi connectivity index (χ4v) is 2.33. The highest BCUT2D eigenvalue weighted by atomic mass is 16.5.